The molecule has 0 aromatic heterocycles. The van der Waals surface area contributed by atoms with Crippen LogP contribution < -0.4 is 4.74 Å². The van der Waals surface area contributed by atoms with Gasteiger partial charge in [0, 0.05) is 13.0 Å². The van der Waals surface area contributed by atoms with E-state index in [1.165, 1.54) is 12.1 Å². The summed E-state index contributed by atoms with van der Waals surface area (Å²) in [6.45, 7) is 5.88. The van der Waals surface area contributed by atoms with Crippen LogP contribution in [0.15, 0.2) is 48.5 Å². The van der Waals surface area contributed by atoms with Gasteiger partial charge in [0.25, 0.3) is 0 Å². The standard InChI is InChI=1S/C25H32FN3O2/c1-3-16-31-23-10-6-20(7-11-23)18-28-24(30)17-25(12-14-27(2)15-13-25)29(28)19-21-4-8-22(26)9-5-21/h4-11H,3,12-19H2,1-2H3. The number of amides is 1. The average molecular weight is 426 g/mol. The molecule has 5 nitrogen and oxygen atoms in total. The number of hydrogen-bond acceptors (Lipinski definition) is 4. The van der Waals surface area contributed by atoms with Crippen LogP contribution in [-0.2, 0) is 17.9 Å². The molecule has 2 aliphatic heterocycles. The zero-order valence-electron chi connectivity index (χ0n) is 18.5. The third kappa shape index (κ3) is 4.91. The van der Waals surface area contributed by atoms with Crippen LogP contribution in [0.4, 0.5) is 4.39 Å². The molecule has 1 amide bonds. The van der Waals surface area contributed by atoms with Gasteiger partial charge < -0.3 is 9.64 Å². The number of piperidine rings is 1. The predicted octanol–water partition coefficient (Wildman–Crippen LogP) is 4.23. The molecule has 0 atom stereocenters. The molecule has 2 aromatic rings. The number of likely N-dealkylation sites (tertiary alicyclic amines) is 1. The van der Waals surface area contributed by atoms with Crippen molar-refractivity contribution in [3.05, 3.63) is 65.5 Å². The molecule has 0 saturated carbocycles. The quantitative estimate of drug-likeness (QED) is 0.665. The second-order valence-electron chi connectivity index (χ2n) is 8.83. The molecule has 2 aliphatic rings. The van der Waals surface area contributed by atoms with Gasteiger partial charge in [-0.15, -0.1) is 0 Å². The fraction of sp³-hybridized carbons (Fsp3) is 0.480. The van der Waals surface area contributed by atoms with Crippen LogP contribution in [0.2, 0.25) is 0 Å². The first-order valence-electron chi connectivity index (χ1n) is 11.2. The lowest BCUT2D eigenvalue weighted by Crippen LogP contribution is -2.54. The van der Waals surface area contributed by atoms with Crippen molar-refractivity contribution in [2.24, 2.45) is 0 Å². The molecule has 6 heteroatoms. The predicted molar refractivity (Wildman–Crippen MR) is 119 cm³/mol. The highest BCUT2D eigenvalue weighted by molar-refractivity contribution is 5.79. The Labute approximate surface area is 184 Å². The van der Waals surface area contributed by atoms with Crippen LogP contribution in [0.5, 0.6) is 5.75 Å². The van der Waals surface area contributed by atoms with Gasteiger partial charge in [-0.3, -0.25) is 9.80 Å². The van der Waals surface area contributed by atoms with Crippen LogP contribution in [-0.4, -0.2) is 53.1 Å². The number of hydrazine groups is 1. The summed E-state index contributed by atoms with van der Waals surface area (Å²) < 4.78 is 19.1. The van der Waals surface area contributed by atoms with E-state index in [1.54, 1.807) is 0 Å². The first-order valence-corrected chi connectivity index (χ1v) is 11.2. The number of halogens is 1. The first-order chi connectivity index (χ1) is 15.0. The van der Waals surface area contributed by atoms with Crippen molar-refractivity contribution in [1.82, 2.24) is 14.9 Å². The van der Waals surface area contributed by atoms with E-state index in [2.05, 4.69) is 23.9 Å². The van der Waals surface area contributed by atoms with E-state index < -0.39 is 0 Å². The number of carbonyl (C=O) groups is 1. The van der Waals surface area contributed by atoms with Crippen molar-refractivity contribution in [2.45, 2.75) is 51.2 Å². The van der Waals surface area contributed by atoms with Gasteiger partial charge >= 0.3 is 0 Å². The van der Waals surface area contributed by atoms with E-state index in [1.807, 2.05) is 41.4 Å². The molecular weight excluding hydrogens is 393 g/mol. The van der Waals surface area contributed by atoms with E-state index >= 15 is 0 Å². The van der Waals surface area contributed by atoms with Gasteiger partial charge in [-0.1, -0.05) is 31.2 Å². The molecule has 0 bridgehead atoms. The second kappa shape index (κ2) is 9.37. The van der Waals surface area contributed by atoms with Gasteiger partial charge in [0.05, 0.1) is 18.7 Å². The molecule has 4 rings (SSSR count). The van der Waals surface area contributed by atoms with Crippen molar-refractivity contribution in [3.63, 3.8) is 0 Å². The van der Waals surface area contributed by atoms with Crippen molar-refractivity contribution in [2.75, 3.05) is 26.7 Å². The first kappa shape index (κ1) is 21.8. The van der Waals surface area contributed by atoms with Crippen molar-refractivity contribution < 1.29 is 13.9 Å². The highest BCUT2D eigenvalue weighted by atomic mass is 19.1. The van der Waals surface area contributed by atoms with Crippen LogP contribution in [0.3, 0.4) is 0 Å². The maximum Gasteiger partial charge on any atom is 0.239 e. The van der Waals surface area contributed by atoms with Crippen molar-refractivity contribution in [3.8, 4) is 5.75 Å². The SMILES string of the molecule is CCCOc1ccc(CN2C(=O)CC3(CCN(C)CC3)N2Cc2ccc(F)cc2)cc1. The Bertz CT molecular complexity index is 877. The van der Waals surface area contributed by atoms with Gasteiger partial charge in [-0.25, -0.2) is 9.40 Å². The van der Waals surface area contributed by atoms with E-state index in [4.69, 9.17) is 4.74 Å². The molecule has 0 aliphatic carbocycles. The molecule has 0 unspecified atom stereocenters. The molecule has 166 valence electrons. The summed E-state index contributed by atoms with van der Waals surface area (Å²) in [6.07, 6.45) is 3.42. The highest BCUT2D eigenvalue weighted by Gasteiger charge is 2.50. The Morgan fingerprint density at radius 2 is 1.58 bits per heavy atom. The Kier molecular flexibility index (Phi) is 6.58. The van der Waals surface area contributed by atoms with Gasteiger partial charge in [0.2, 0.25) is 5.91 Å². The summed E-state index contributed by atoms with van der Waals surface area (Å²) >= 11 is 0. The Morgan fingerprint density at radius 1 is 0.968 bits per heavy atom. The maximum absolute atomic E-state index is 13.4. The summed E-state index contributed by atoms with van der Waals surface area (Å²) in [5.41, 5.74) is 1.93. The summed E-state index contributed by atoms with van der Waals surface area (Å²) in [5, 5.41) is 4.17. The summed E-state index contributed by atoms with van der Waals surface area (Å²) in [4.78, 5) is 15.5. The number of benzene rings is 2. The van der Waals surface area contributed by atoms with E-state index in [0.717, 1.165) is 49.2 Å². The van der Waals surface area contributed by atoms with E-state index in [0.29, 0.717) is 26.1 Å². The van der Waals surface area contributed by atoms with Gasteiger partial charge in [0.1, 0.15) is 11.6 Å². The molecule has 2 heterocycles. The van der Waals surface area contributed by atoms with Crippen LogP contribution >= 0.6 is 0 Å². The maximum atomic E-state index is 13.4. The largest absolute Gasteiger partial charge is 0.494 e. The minimum absolute atomic E-state index is 0.165. The zero-order chi connectivity index (χ0) is 21.8. The average Bonchev–Trinajstić information content (AvgIpc) is 3.02. The molecular formula is C25H32FN3O2. The van der Waals surface area contributed by atoms with Gasteiger partial charge in [0.15, 0.2) is 0 Å². The molecule has 2 saturated heterocycles. The Hall–Kier alpha value is -2.44. The van der Waals surface area contributed by atoms with Crippen LogP contribution in [0.1, 0.15) is 43.7 Å². The van der Waals surface area contributed by atoms with Crippen LogP contribution in [0, 0.1) is 5.82 Å². The topological polar surface area (TPSA) is 36.0 Å². The zero-order valence-corrected chi connectivity index (χ0v) is 18.5. The van der Waals surface area contributed by atoms with Crippen molar-refractivity contribution >= 4 is 5.91 Å². The normalized spacial score (nSPS) is 19.3. The lowest BCUT2D eigenvalue weighted by atomic mass is 9.84. The number of hydrogen-bond donors (Lipinski definition) is 0. The monoisotopic (exact) mass is 425 g/mol. The smallest absolute Gasteiger partial charge is 0.239 e. The number of nitrogens with zero attached hydrogens (tertiary/aromatic N) is 3. The highest BCUT2D eigenvalue weighted by Crippen LogP contribution is 2.41. The minimum Gasteiger partial charge on any atom is -0.494 e. The molecule has 2 aromatic carbocycles. The summed E-state index contributed by atoms with van der Waals surface area (Å²) in [6, 6.07) is 14.6. The van der Waals surface area contributed by atoms with Crippen LogP contribution in [0.25, 0.3) is 0 Å². The number of rotatable bonds is 7. The lowest BCUT2D eigenvalue weighted by molar-refractivity contribution is -0.145. The summed E-state index contributed by atoms with van der Waals surface area (Å²) in [5.74, 6) is 0.781. The molecule has 1 spiro atoms. The lowest BCUT2D eigenvalue weighted by Gasteiger charge is -2.45. The van der Waals surface area contributed by atoms with Crippen molar-refractivity contribution in [1.29, 1.82) is 0 Å². The Morgan fingerprint density at radius 3 is 2.23 bits per heavy atom. The molecule has 2 fully saturated rings. The number of carbonyl (C=O) groups excluding carboxylic acids is 1. The minimum atomic E-state index is -0.238. The Balaban J connectivity index is 1.56. The van der Waals surface area contributed by atoms with E-state index in [-0.39, 0.29) is 17.3 Å². The third-order valence-corrected chi connectivity index (χ3v) is 6.50. The van der Waals surface area contributed by atoms with E-state index in [9.17, 15) is 9.18 Å². The fourth-order valence-electron chi connectivity index (χ4n) is 4.60. The molecule has 31 heavy (non-hydrogen) atoms. The number of ether oxygens (including phenoxy) is 1. The third-order valence-electron chi connectivity index (χ3n) is 6.50. The van der Waals surface area contributed by atoms with Gasteiger partial charge in [-0.05, 0) is 74.8 Å². The molecule has 0 N–H and O–H groups in total. The molecule has 0 radical (unpaired) electrons. The summed E-state index contributed by atoms with van der Waals surface area (Å²) in [7, 11) is 2.13. The fourth-order valence-corrected chi connectivity index (χ4v) is 4.60. The van der Waals surface area contributed by atoms with Gasteiger partial charge in [-0.2, -0.15) is 0 Å². The second-order valence-corrected chi connectivity index (χ2v) is 8.83.